The number of carbonyl (C=O) groups excluding carboxylic acids is 1. The first-order chi connectivity index (χ1) is 11.6. The van der Waals surface area contributed by atoms with Crippen molar-refractivity contribution in [3.63, 3.8) is 0 Å². The summed E-state index contributed by atoms with van der Waals surface area (Å²) in [6.07, 6.45) is 0.461. The molecule has 0 bridgehead atoms. The van der Waals surface area contributed by atoms with Gasteiger partial charge in [0.25, 0.3) is 0 Å². The zero-order valence-corrected chi connectivity index (χ0v) is 13.3. The predicted molar refractivity (Wildman–Crippen MR) is 87.3 cm³/mol. The molecule has 1 N–H and O–H groups in total. The fourth-order valence-electron chi connectivity index (χ4n) is 2.13. The Morgan fingerprint density at radius 3 is 2.62 bits per heavy atom. The molecule has 1 aromatic heterocycles. The highest BCUT2D eigenvalue weighted by molar-refractivity contribution is 6.31. The summed E-state index contributed by atoms with van der Waals surface area (Å²) in [6.45, 7) is 0. The highest BCUT2D eigenvalue weighted by Gasteiger charge is 2.12. The third-order valence-electron chi connectivity index (χ3n) is 3.29. The Kier molecular flexibility index (Phi) is 4.86. The molecule has 1 amide bonds. The average Bonchev–Trinajstić information content (AvgIpc) is 2.99. The number of rotatable bonds is 5. The predicted octanol–water partition coefficient (Wildman–Crippen LogP) is 3.63. The summed E-state index contributed by atoms with van der Waals surface area (Å²) in [5.41, 5.74) is 1.54. The van der Waals surface area contributed by atoms with E-state index in [4.69, 9.17) is 16.0 Å². The number of nitrogens with one attached hydrogen (secondary N) is 1. The fraction of sp³-hybridized carbons (Fsp3) is 0.118. The molecule has 3 rings (SSSR count). The molecule has 0 saturated carbocycles. The van der Waals surface area contributed by atoms with Gasteiger partial charge in [0.05, 0.1) is 12.8 Å². The van der Waals surface area contributed by atoms with Gasteiger partial charge >= 0.3 is 6.01 Å². The van der Waals surface area contributed by atoms with Gasteiger partial charge in [0.2, 0.25) is 11.8 Å². The van der Waals surface area contributed by atoms with E-state index in [9.17, 15) is 9.18 Å². The first-order valence-electron chi connectivity index (χ1n) is 7.20. The van der Waals surface area contributed by atoms with Gasteiger partial charge in [0.15, 0.2) is 0 Å². The number of aromatic nitrogens is 2. The van der Waals surface area contributed by atoms with Crippen molar-refractivity contribution in [3.8, 4) is 0 Å². The van der Waals surface area contributed by atoms with Crippen LogP contribution in [0.3, 0.4) is 0 Å². The molecule has 1 heterocycles. The third kappa shape index (κ3) is 4.17. The lowest BCUT2D eigenvalue weighted by atomic mass is 10.1. The van der Waals surface area contributed by atoms with Crippen molar-refractivity contribution in [2.24, 2.45) is 0 Å². The van der Waals surface area contributed by atoms with Gasteiger partial charge in [-0.3, -0.25) is 10.1 Å². The molecule has 0 aliphatic rings. The number of nitrogens with zero attached hydrogens (tertiary/aromatic N) is 2. The lowest BCUT2D eigenvalue weighted by Crippen LogP contribution is -2.14. The van der Waals surface area contributed by atoms with Gasteiger partial charge in [-0.25, -0.2) is 4.39 Å². The smallest absolute Gasteiger partial charge is 0.322 e. The van der Waals surface area contributed by atoms with Gasteiger partial charge in [-0.2, -0.15) is 0 Å². The van der Waals surface area contributed by atoms with Crippen molar-refractivity contribution in [3.05, 3.63) is 76.4 Å². The van der Waals surface area contributed by atoms with Gasteiger partial charge in [0, 0.05) is 5.02 Å². The molecule has 0 spiro atoms. The number of hydrogen-bond acceptors (Lipinski definition) is 4. The minimum atomic E-state index is -0.309. The van der Waals surface area contributed by atoms with E-state index in [1.165, 1.54) is 12.1 Å². The highest BCUT2D eigenvalue weighted by Crippen LogP contribution is 2.16. The molecular formula is C17H13ClFN3O2. The van der Waals surface area contributed by atoms with Crippen LogP contribution in [0.2, 0.25) is 5.02 Å². The number of amides is 1. The van der Waals surface area contributed by atoms with Crippen LogP contribution < -0.4 is 5.32 Å². The average molecular weight is 346 g/mol. The molecule has 3 aromatic rings. The van der Waals surface area contributed by atoms with Crippen molar-refractivity contribution in [2.45, 2.75) is 12.8 Å². The van der Waals surface area contributed by atoms with Crippen molar-refractivity contribution in [1.82, 2.24) is 10.2 Å². The molecule has 0 radical (unpaired) electrons. The minimum absolute atomic E-state index is 0.0177. The SMILES string of the molecule is O=C(Cc1ccccc1Cl)Nc1nnc(Cc2ccc(F)cc2)o1. The molecular weight excluding hydrogens is 333 g/mol. The van der Waals surface area contributed by atoms with Gasteiger partial charge < -0.3 is 4.42 Å². The zero-order chi connectivity index (χ0) is 16.9. The van der Waals surface area contributed by atoms with Crippen LogP contribution in [-0.4, -0.2) is 16.1 Å². The molecule has 24 heavy (non-hydrogen) atoms. The van der Waals surface area contributed by atoms with E-state index in [1.54, 1.807) is 30.3 Å². The molecule has 0 saturated heterocycles. The van der Waals surface area contributed by atoms with E-state index in [2.05, 4.69) is 15.5 Å². The Balaban J connectivity index is 1.60. The quantitative estimate of drug-likeness (QED) is 0.766. The van der Waals surface area contributed by atoms with E-state index < -0.39 is 0 Å². The molecule has 0 aliphatic carbocycles. The zero-order valence-electron chi connectivity index (χ0n) is 12.5. The molecule has 122 valence electrons. The summed E-state index contributed by atoms with van der Waals surface area (Å²) in [5.74, 6) is -0.286. The monoisotopic (exact) mass is 345 g/mol. The largest absolute Gasteiger partial charge is 0.407 e. The Labute approximate surface area is 142 Å². The summed E-state index contributed by atoms with van der Waals surface area (Å²) in [5, 5.41) is 10.7. The number of carbonyl (C=O) groups is 1. The van der Waals surface area contributed by atoms with Crippen molar-refractivity contribution < 1.29 is 13.6 Å². The van der Waals surface area contributed by atoms with Gasteiger partial charge in [-0.15, -0.1) is 5.10 Å². The first-order valence-corrected chi connectivity index (χ1v) is 7.58. The summed E-state index contributed by atoms with van der Waals surface area (Å²) in [4.78, 5) is 12.0. The number of halogens is 2. The van der Waals surface area contributed by atoms with Crippen LogP contribution in [0.15, 0.2) is 52.9 Å². The normalized spacial score (nSPS) is 10.6. The second-order valence-electron chi connectivity index (χ2n) is 5.12. The van der Waals surface area contributed by atoms with Gasteiger partial charge in [-0.1, -0.05) is 47.0 Å². The van der Waals surface area contributed by atoms with Crippen LogP contribution in [0.4, 0.5) is 10.4 Å². The van der Waals surface area contributed by atoms with Crippen LogP contribution in [0.5, 0.6) is 0 Å². The third-order valence-corrected chi connectivity index (χ3v) is 3.66. The van der Waals surface area contributed by atoms with Crippen molar-refractivity contribution in [2.75, 3.05) is 5.32 Å². The maximum atomic E-state index is 12.9. The summed E-state index contributed by atoms with van der Waals surface area (Å²) in [6, 6.07) is 13.1. The fourth-order valence-corrected chi connectivity index (χ4v) is 2.33. The second kappa shape index (κ2) is 7.23. The highest BCUT2D eigenvalue weighted by atomic mass is 35.5. The van der Waals surface area contributed by atoms with Gasteiger partial charge in [0.1, 0.15) is 5.82 Å². The van der Waals surface area contributed by atoms with E-state index in [1.807, 2.05) is 6.07 Å². The maximum Gasteiger partial charge on any atom is 0.322 e. The molecule has 7 heteroatoms. The van der Waals surface area contributed by atoms with E-state index in [0.717, 1.165) is 5.56 Å². The molecule has 0 atom stereocenters. The topological polar surface area (TPSA) is 68.0 Å². The summed E-state index contributed by atoms with van der Waals surface area (Å²) >= 11 is 6.02. The minimum Gasteiger partial charge on any atom is -0.407 e. The molecule has 2 aromatic carbocycles. The van der Waals surface area contributed by atoms with E-state index >= 15 is 0 Å². The van der Waals surface area contributed by atoms with Crippen LogP contribution >= 0.6 is 11.6 Å². The van der Waals surface area contributed by atoms with Crippen LogP contribution in [0.1, 0.15) is 17.0 Å². The van der Waals surface area contributed by atoms with Crippen LogP contribution in [0, 0.1) is 5.82 Å². The van der Waals surface area contributed by atoms with Gasteiger partial charge in [-0.05, 0) is 29.3 Å². The number of anilines is 1. The molecule has 0 unspecified atom stereocenters. The lowest BCUT2D eigenvalue weighted by molar-refractivity contribution is -0.115. The molecule has 0 fully saturated rings. The standard InChI is InChI=1S/C17H13ClFN3O2/c18-14-4-2-1-3-12(14)10-15(23)20-17-22-21-16(24-17)9-11-5-7-13(19)8-6-11/h1-8H,9-10H2,(H,20,22,23). The van der Waals surface area contributed by atoms with Crippen molar-refractivity contribution in [1.29, 1.82) is 0 Å². The van der Waals surface area contributed by atoms with E-state index in [-0.39, 0.29) is 24.2 Å². The Morgan fingerprint density at radius 2 is 1.88 bits per heavy atom. The Hall–Kier alpha value is -2.73. The lowest BCUT2D eigenvalue weighted by Gasteiger charge is -2.03. The number of benzene rings is 2. The summed E-state index contributed by atoms with van der Waals surface area (Å²) in [7, 11) is 0. The summed E-state index contributed by atoms with van der Waals surface area (Å²) < 4.78 is 18.2. The maximum absolute atomic E-state index is 12.9. The second-order valence-corrected chi connectivity index (χ2v) is 5.53. The Bertz CT molecular complexity index is 849. The van der Waals surface area contributed by atoms with Crippen LogP contribution in [0.25, 0.3) is 0 Å². The van der Waals surface area contributed by atoms with E-state index in [0.29, 0.717) is 22.9 Å². The first kappa shape index (κ1) is 16.1. The number of hydrogen-bond donors (Lipinski definition) is 1. The molecule has 0 aliphatic heterocycles. The van der Waals surface area contributed by atoms with Crippen molar-refractivity contribution >= 4 is 23.5 Å². The molecule has 5 nitrogen and oxygen atoms in total. The van der Waals surface area contributed by atoms with Crippen LogP contribution in [-0.2, 0) is 17.6 Å². The Morgan fingerprint density at radius 1 is 1.12 bits per heavy atom.